The molecule has 1 aromatic heterocycles. The summed E-state index contributed by atoms with van der Waals surface area (Å²) < 4.78 is 0.876. The summed E-state index contributed by atoms with van der Waals surface area (Å²) in [5, 5.41) is 3.29. The number of hydrogen-bond acceptors (Lipinski definition) is 4. The van der Waals surface area contributed by atoms with Crippen molar-refractivity contribution in [1.29, 1.82) is 0 Å². The standard InChI is InChI=1S/C11H10BrN3OS/c1-6-4-7(2-3-8(6)13)10(16)15-11-14-5-9(12)17-11/h2-5H,13H2,1H3,(H,14,15,16). The molecule has 0 atom stereocenters. The minimum Gasteiger partial charge on any atom is -0.399 e. The van der Waals surface area contributed by atoms with E-state index < -0.39 is 0 Å². The quantitative estimate of drug-likeness (QED) is 0.838. The molecule has 1 aromatic carbocycles. The Hall–Kier alpha value is -1.40. The summed E-state index contributed by atoms with van der Waals surface area (Å²) in [6.45, 7) is 1.87. The highest BCUT2D eigenvalue weighted by Gasteiger charge is 2.09. The number of nitrogens with two attached hydrogens (primary N) is 1. The number of nitrogens with zero attached hydrogens (tertiary/aromatic N) is 1. The van der Waals surface area contributed by atoms with E-state index in [2.05, 4.69) is 26.2 Å². The van der Waals surface area contributed by atoms with E-state index in [0.717, 1.165) is 9.35 Å². The molecular weight excluding hydrogens is 302 g/mol. The zero-order chi connectivity index (χ0) is 12.4. The topological polar surface area (TPSA) is 68.0 Å². The first-order valence-electron chi connectivity index (χ1n) is 4.85. The summed E-state index contributed by atoms with van der Waals surface area (Å²) in [4.78, 5) is 15.9. The maximum absolute atomic E-state index is 11.9. The van der Waals surface area contributed by atoms with Crippen molar-refractivity contribution in [2.45, 2.75) is 6.92 Å². The second-order valence-electron chi connectivity index (χ2n) is 3.50. The number of benzene rings is 1. The summed E-state index contributed by atoms with van der Waals surface area (Å²) in [7, 11) is 0. The third-order valence-corrected chi connectivity index (χ3v) is 3.62. The fourth-order valence-corrected chi connectivity index (χ4v) is 2.40. The Morgan fingerprint density at radius 2 is 2.29 bits per heavy atom. The number of carbonyl (C=O) groups excluding carboxylic acids is 1. The lowest BCUT2D eigenvalue weighted by atomic mass is 10.1. The van der Waals surface area contributed by atoms with Crippen molar-refractivity contribution in [2.75, 3.05) is 11.1 Å². The molecule has 0 aliphatic carbocycles. The van der Waals surface area contributed by atoms with E-state index in [1.807, 2.05) is 6.92 Å². The Bertz CT molecular complexity index is 568. The van der Waals surface area contributed by atoms with Gasteiger partial charge in [0.15, 0.2) is 5.13 Å². The first kappa shape index (κ1) is 12.1. The van der Waals surface area contributed by atoms with E-state index in [-0.39, 0.29) is 5.91 Å². The molecule has 0 unspecified atom stereocenters. The Kier molecular flexibility index (Phi) is 3.44. The largest absolute Gasteiger partial charge is 0.399 e. The molecule has 0 spiro atoms. The summed E-state index contributed by atoms with van der Waals surface area (Å²) in [6.07, 6.45) is 1.65. The van der Waals surface area contributed by atoms with Crippen LogP contribution in [0.4, 0.5) is 10.8 Å². The highest BCUT2D eigenvalue weighted by molar-refractivity contribution is 9.11. The van der Waals surface area contributed by atoms with Gasteiger partial charge in [-0.1, -0.05) is 11.3 Å². The summed E-state index contributed by atoms with van der Waals surface area (Å²) in [5.41, 5.74) is 7.84. The molecular formula is C11H10BrN3OS. The number of nitrogen functional groups attached to an aromatic ring is 1. The van der Waals surface area contributed by atoms with Crippen LogP contribution in [-0.4, -0.2) is 10.9 Å². The van der Waals surface area contributed by atoms with Gasteiger partial charge in [0.1, 0.15) is 0 Å². The smallest absolute Gasteiger partial charge is 0.257 e. The molecule has 2 aromatic rings. The first-order valence-corrected chi connectivity index (χ1v) is 6.46. The van der Waals surface area contributed by atoms with Crippen molar-refractivity contribution in [1.82, 2.24) is 4.98 Å². The molecule has 0 radical (unpaired) electrons. The Balaban J connectivity index is 2.17. The molecule has 0 aliphatic heterocycles. The molecule has 1 amide bonds. The molecule has 17 heavy (non-hydrogen) atoms. The van der Waals surface area contributed by atoms with E-state index in [1.165, 1.54) is 11.3 Å². The van der Waals surface area contributed by atoms with Gasteiger partial charge in [-0.15, -0.1) is 0 Å². The molecule has 0 saturated heterocycles. The van der Waals surface area contributed by atoms with Gasteiger partial charge in [-0.05, 0) is 46.6 Å². The number of thiazole rings is 1. The van der Waals surface area contributed by atoms with E-state index in [9.17, 15) is 4.79 Å². The minimum atomic E-state index is -0.185. The number of anilines is 2. The van der Waals surface area contributed by atoms with Crippen LogP contribution in [0.1, 0.15) is 15.9 Å². The number of rotatable bonds is 2. The minimum absolute atomic E-state index is 0.185. The van der Waals surface area contributed by atoms with Crippen LogP contribution < -0.4 is 11.1 Å². The van der Waals surface area contributed by atoms with Crippen molar-refractivity contribution in [3.05, 3.63) is 39.3 Å². The Morgan fingerprint density at radius 3 is 2.88 bits per heavy atom. The highest BCUT2D eigenvalue weighted by atomic mass is 79.9. The lowest BCUT2D eigenvalue weighted by molar-refractivity contribution is 0.102. The normalized spacial score (nSPS) is 10.2. The van der Waals surface area contributed by atoms with E-state index >= 15 is 0 Å². The van der Waals surface area contributed by atoms with Gasteiger partial charge in [-0.25, -0.2) is 4.98 Å². The fourth-order valence-electron chi connectivity index (χ4n) is 1.30. The van der Waals surface area contributed by atoms with Gasteiger partial charge in [-0.3, -0.25) is 10.1 Å². The molecule has 6 heteroatoms. The Labute approximate surface area is 111 Å². The number of aromatic nitrogens is 1. The number of halogens is 1. The number of carbonyl (C=O) groups is 1. The monoisotopic (exact) mass is 311 g/mol. The van der Waals surface area contributed by atoms with Crippen LogP contribution >= 0.6 is 27.3 Å². The summed E-state index contributed by atoms with van der Waals surface area (Å²) >= 11 is 4.65. The molecule has 3 N–H and O–H groups in total. The average molecular weight is 312 g/mol. The van der Waals surface area contributed by atoms with Crippen LogP contribution in [0.3, 0.4) is 0 Å². The third-order valence-electron chi connectivity index (χ3n) is 2.23. The maximum atomic E-state index is 11.9. The first-order chi connectivity index (χ1) is 8.06. The predicted molar refractivity (Wildman–Crippen MR) is 73.4 cm³/mol. The van der Waals surface area contributed by atoms with Gasteiger partial charge < -0.3 is 5.73 Å². The SMILES string of the molecule is Cc1cc(C(=O)Nc2ncc(Br)s2)ccc1N. The molecule has 0 bridgehead atoms. The predicted octanol–water partition coefficient (Wildman–Crippen LogP) is 3.05. The number of nitrogens with one attached hydrogen (secondary N) is 1. The molecule has 2 rings (SSSR count). The lowest BCUT2D eigenvalue weighted by Crippen LogP contribution is -2.12. The van der Waals surface area contributed by atoms with Gasteiger partial charge >= 0.3 is 0 Å². The summed E-state index contributed by atoms with van der Waals surface area (Å²) in [6, 6.07) is 5.18. The number of aryl methyl sites for hydroxylation is 1. The van der Waals surface area contributed by atoms with Crippen molar-refractivity contribution in [3.8, 4) is 0 Å². The third kappa shape index (κ3) is 2.83. The Morgan fingerprint density at radius 1 is 1.53 bits per heavy atom. The zero-order valence-corrected chi connectivity index (χ0v) is 11.4. The molecule has 4 nitrogen and oxygen atoms in total. The molecule has 1 heterocycles. The average Bonchev–Trinajstić information content (AvgIpc) is 2.68. The number of amides is 1. The molecule has 0 aliphatic rings. The second kappa shape index (κ2) is 4.85. The van der Waals surface area contributed by atoms with Crippen LogP contribution in [0, 0.1) is 6.92 Å². The molecule has 0 fully saturated rings. The van der Waals surface area contributed by atoms with Crippen LogP contribution in [0.25, 0.3) is 0 Å². The molecule has 0 saturated carbocycles. The van der Waals surface area contributed by atoms with Crippen molar-refractivity contribution < 1.29 is 4.79 Å². The summed E-state index contributed by atoms with van der Waals surface area (Å²) in [5.74, 6) is -0.185. The van der Waals surface area contributed by atoms with Crippen LogP contribution in [0.2, 0.25) is 0 Å². The maximum Gasteiger partial charge on any atom is 0.257 e. The molecule has 88 valence electrons. The van der Waals surface area contributed by atoms with E-state index in [4.69, 9.17) is 5.73 Å². The van der Waals surface area contributed by atoms with Gasteiger partial charge in [0.05, 0.1) is 9.98 Å². The van der Waals surface area contributed by atoms with Crippen LogP contribution in [-0.2, 0) is 0 Å². The van der Waals surface area contributed by atoms with Crippen molar-refractivity contribution in [2.24, 2.45) is 0 Å². The second-order valence-corrected chi connectivity index (χ2v) is 5.90. The fraction of sp³-hybridized carbons (Fsp3) is 0.0909. The van der Waals surface area contributed by atoms with Gasteiger partial charge in [0.25, 0.3) is 5.91 Å². The van der Waals surface area contributed by atoms with Crippen LogP contribution in [0.5, 0.6) is 0 Å². The lowest BCUT2D eigenvalue weighted by Gasteiger charge is -2.04. The number of hydrogen-bond donors (Lipinski definition) is 2. The van der Waals surface area contributed by atoms with Gasteiger partial charge in [0.2, 0.25) is 0 Å². The van der Waals surface area contributed by atoms with E-state index in [1.54, 1.807) is 24.4 Å². The van der Waals surface area contributed by atoms with Crippen molar-refractivity contribution in [3.63, 3.8) is 0 Å². The van der Waals surface area contributed by atoms with Gasteiger partial charge in [0, 0.05) is 11.3 Å². The zero-order valence-electron chi connectivity index (χ0n) is 9.03. The highest BCUT2D eigenvalue weighted by Crippen LogP contribution is 2.23. The van der Waals surface area contributed by atoms with Crippen molar-refractivity contribution >= 4 is 44.0 Å². The van der Waals surface area contributed by atoms with Crippen LogP contribution in [0.15, 0.2) is 28.2 Å². The van der Waals surface area contributed by atoms with Gasteiger partial charge in [-0.2, -0.15) is 0 Å². The van der Waals surface area contributed by atoms with E-state index in [0.29, 0.717) is 16.4 Å².